The monoisotopic (exact) mass is 441 g/mol. The lowest BCUT2D eigenvalue weighted by atomic mass is 9.94. The quantitative estimate of drug-likeness (QED) is 0.533. The number of hydrogen-bond donors (Lipinski definition) is 2. The maximum atomic E-state index is 12.7. The van der Waals surface area contributed by atoms with Gasteiger partial charge < -0.3 is 15.4 Å². The van der Waals surface area contributed by atoms with Crippen molar-refractivity contribution in [1.29, 1.82) is 0 Å². The maximum absolute atomic E-state index is 12.7. The van der Waals surface area contributed by atoms with Crippen LogP contribution in [-0.4, -0.2) is 36.5 Å². The van der Waals surface area contributed by atoms with Crippen molar-refractivity contribution in [3.8, 4) is 0 Å². The molecule has 1 heterocycles. The summed E-state index contributed by atoms with van der Waals surface area (Å²) in [5.74, 6) is 0.244. The molecule has 32 heavy (non-hydrogen) atoms. The molecule has 0 saturated heterocycles. The second kappa shape index (κ2) is 11.2. The van der Waals surface area contributed by atoms with Crippen LogP contribution < -0.4 is 10.6 Å². The zero-order valence-electron chi connectivity index (χ0n) is 19.4. The lowest BCUT2D eigenvalue weighted by Gasteiger charge is -2.35. The molecule has 2 aliphatic rings. The fourth-order valence-corrected chi connectivity index (χ4v) is 4.61. The average molecular weight is 442 g/mol. The lowest BCUT2D eigenvalue weighted by molar-refractivity contribution is -0.136. The third-order valence-electron chi connectivity index (χ3n) is 6.52. The molecule has 0 bridgehead atoms. The fraction of sp³-hybridized carbons (Fsp3) is 0.560. The number of rotatable bonds is 9. The van der Waals surface area contributed by atoms with Gasteiger partial charge in [0.05, 0.1) is 18.7 Å². The van der Waals surface area contributed by atoms with E-state index < -0.39 is 12.0 Å². The van der Waals surface area contributed by atoms with Crippen LogP contribution in [-0.2, 0) is 14.3 Å². The normalized spacial score (nSPS) is 19.2. The fourth-order valence-electron chi connectivity index (χ4n) is 4.61. The number of esters is 1. The molecule has 1 saturated carbocycles. The third kappa shape index (κ3) is 5.69. The number of hydrogen-bond acceptors (Lipinski definition) is 4. The minimum Gasteiger partial charge on any atom is -0.466 e. The summed E-state index contributed by atoms with van der Waals surface area (Å²) in [4.78, 5) is 39.2. The first-order valence-electron chi connectivity index (χ1n) is 11.7. The van der Waals surface area contributed by atoms with E-state index in [1.165, 1.54) is 32.8 Å². The van der Waals surface area contributed by atoms with E-state index in [1.807, 2.05) is 24.3 Å². The van der Waals surface area contributed by atoms with E-state index in [4.69, 9.17) is 4.74 Å². The first-order valence-corrected chi connectivity index (χ1v) is 11.7. The number of nitrogens with zero attached hydrogens (tertiary/aromatic N) is 1. The largest absolute Gasteiger partial charge is 0.466 e. The molecule has 1 aromatic carbocycles. The molecule has 1 unspecified atom stereocenters. The van der Waals surface area contributed by atoms with Gasteiger partial charge in [-0.05, 0) is 43.4 Å². The van der Waals surface area contributed by atoms with Crippen molar-refractivity contribution >= 4 is 23.6 Å². The first-order chi connectivity index (χ1) is 15.4. The molecule has 0 aromatic heterocycles. The number of benzene rings is 1. The van der Waals surface area contributed by atoms with Crippen molar-refractivity contribution < 1.29 is 19.1 Å². The Kier molecular flexibility index (Phi) is 8.31. The highest BCUT2D eigenvalue weighted by molar-refractivity contribution is 5.95. The van der Waals surface area contributed by atoms with Crippen LogP contribution in [0, 0.1) is 5.92 Å². The van der Waals surface area contributed by atoms with Crippen LogP contribution in [0.2, 0.25) is 0 Å². The SMILES string of the molecule is CCCCN1C(=O)NC(c2ccc(NC(=O)CCC3CCCC3)cc2)C(C(=O)OC)=C1C. The van der Waals surface area contributed by atoms with E-state index in [0.717, 1.165) is 24.8 Å². The van der Waals surface area contributed by atoms with Crippen LogP contribution in [0.25, 0.3) is 0 Å². The zero-order chi connectivity index (χ0) is 23.1. The molecule has 174 valence electrons. The smallest absolute Gasteiger partial charge is 0.337 e. The van der Waals surface area contributed by atoms with Crippen molar-refractivity contribution in [3.05, 3.63) is 41.1 Å². The number of carbonyl (C=O) groups excluding carboxylic acids is 3. The van der Waals surface area contributed by atoms with Crippen LogP contribution in [0.1, 0.15) is 76.8 Å². The van der Waals surface area contributed by atoms with E-state index in [9.17, 15) is 14.4 Å². The van der Waals surface area contributed by atoms with Gasteiger partial charge in [-0.2, -0.15) is 0 Å². The molecule has 0 spiro atoms. The predicted octanol–water partition coefficient (Wildman–Crippen LogP) is 4.91. The van der Waals surface area contributed by atoms with Gasteiger partial charge in [-0.25, -0.2) is 9.59 Å². The minimum absolute atomic E-state index is 0.0215. The molecule has 1 fully saturated rings. The van der Waals surface area contributed by atoms with Gasteiger partial charge >= 0.3 is 12.0 Å². The van der Waals surface area contributed by atoms with Gasteiger partial charge in [0.25, 0.3) is 0 Å². The third-order valence-corrected chi connectivity index (χ3v) is 6.52. The maximum Gasteiger partial charge on any atom is 0.337 e. The van der Waals surface area contributed by atoms with Gasteiger partial charge in [-0.3, -0.25) is 9.69 Å². The Morgan fingerprint density at radius 1 is 1.19 bits per heavy atom. The van der Waals surface area contributed by atoms with Gasteiger partial charge in [0.1, 0.15) is 0 Å². The first kappa shape index (κ1) is 23.8. The number of amides is 3. The highest BCUT2D eigenvalue weighted by atomic mass is 16.5. The van der Waals surface area contributed by atoms with Crippen LogP contribution in [0.15, 0.2) is 35.5 Å². The summed E-state index contributed by atoms with van der Waals surface area (Å²) in [6, 6.07) is 6.45. The Bertz CT molecular complexity index is 856. The van der Waals surface area contributed by atoms with Gasteiger partial charge in [0, 0.05) is 24.4 Å². The van der Waals surface area contributed by atoms with Crippen LogP contribution in [0.4, 0.5) is 10.5 Å². The van der Waals surface area contributed by atoms with Crippen molar-refractivity contribution in [2.75, 3.05) is 19.0 Å². The summed E-state index contributed by atoms with van der Waals surface area (Å²) in [5, 5.41) is 5.89. The molecule has 1 atom stereocenters. The number of allylic oxidation sites excluding steroid dienone is 1. The minimum atomic E-state index is -0.597. The van der Waals surface area contributed by atoms with E-state index in [1.54, 1.807) is 11.8 Å². The molecule has 2 N–H and O–H groups in total. The molecular weight excluding hydrogens is 406 g/mol. The van der Waals surface area contributed by atoms with Crippen LogP contribution in [0.5, 0.6) is 0 Å². The van der Waals surface area contributed by atoms with E-state index in [-0.39, 0.29) is 11.9 Å². The Hall–Kier alpha value is -2.83. The topological polar surface area (TPSA) is 87.7 Å². The molecule has 7 heteroatoms. The standard InChI is InChI=1S/C25H35N3O4/c1-4-5-16-28-17(2)22(24(30)32-3)23(27-25(28)31)19-11-13-20(14-12-19)26-21(29)15-10-18-8-6-7-9-18/h11-14,18,23H,4-10,15-16H2,1-3H3,(H,26,29)(H,27,31). The second-order valence-electron chi connectivity index (χ2n) is 8.74. The lowest BCUT2D eigenvalue weighted by Crippen LogP contribution is -2.48. The van der Waals surface area contributed by atoms with Crippen molar-refractivity contribution in [2.24, 2.45) is 5.92 Å². The van der Waals surface area contributed by atoms with Gasteiger partial charge in [0.2, 0.25) is 5.91 Å². The number of carbonyl (C=O) groups is 3. The molecule has 1 aliphatic carbocycles. The van der Waals surface area contributed by atoms with Crippen molar-refractivity contribution in [1.82, 2.24) is 10.2 Å². The molecule has 3 rings (SSSR count). The summed E-state index contributed by atoms with van der Waals surface area (Å²) in [6.07, 6.45) is 8.31. The summed E-state index contributed by atoms with van der Waals surface area (Å²) in [6.45, 7) is 4.39. The second-order valence-corrected chi connectivity index (χ2v) is 8.74. The average Bonchev–Trinajstić information content (AvgIpc) is 3.31. The molecule has 0 radical (unpaired) electrons. The molecule has 1 aromatic rings. The van der Waals surface area contributed by atoms with Crippen molar-refractivity contribution in [2.45, 2.75) is 71.3 Å². The summed E-state index contributed by atoms with van der Waals surface area (Å²) in [5.41, 5.74) is 2.51. The van der Waals surface area contributed by atoms with Crippen LogP contribution in [0.3, 0.4) is 0 Å². The number of nitrogens with one attached hydrogen (secondary N) is 2. The highest BCUT2D eigenvalue weighted by Crippen LogP contribution is 2.32. The summed E-state index contributed by atoms with van der Waals surface area (Å²) in [7, 11) is 1.34. The number of urea groups is 1. The molecule has 3 amide bonds. The van der Waals surface area contributed by atoms with Crippen LogP contribution >= 0.6 is 0 Å². The van der Waals surface area contributed by atoms with E-state index >= 15 is 0 Å². The van der Waals surface area contributed by atoms with E-state index in [2.05, 4.69) is 17.6 Å². The number of ether oxygens (including phenoxy) is 1. The Morgan fingerprint density at radius 2 is 1.88 bits per heavy atom. The Balaban J connectivity index is 1.71. The molecule has 7 nitrogen and oxygen atoms in total. The molecular formula is C25H35N3O4. The van der Waals surface area contributed by atoms with Gasteiger partial charge in [-0.15, -0.1) is 0 Å². The van der Waals surface area contributed by atoms with Gasteiger partial charge in [-0.1, -0.05) is 51.2 Å². The Morgan fingerprint density at radius 3 is 2.50 bits per heavy atom. The number of unbranched alkanes of at least 4 members (excludes halogenated alkanes) is 1. The number of methoxy groups -OCH3 is 1. The summed E-state index contributed by atoms with van der Waals surface area (Å²) < 4.78 is 5.01. The van der Waals surface area contributed by atoms with E-state index in [0.29, 0.717) is 35.8 Å². The zero-order valence-corrected chi connectivity index (χ0v) is 19.4. The number of anilines is 1. The molecule has 1 aliphatic heterocycles. The highest BCUT2D eigenvalue weighted by Gasteiger charge is 2.35. The predicted molar refractivity (Wildman–Crippen MR) is 124 cm³/mol. The van der Waals surface area contributed by atoms with Crippen molar-refractivity contribution in [3.63, 3.8) is 0 Å². The Labute approximate surface area is 190 Å². The van der Waals surface area contributed by atoms with Gasteiger partial charge in [0.15, 0.2) is 0 Å². The summed E-state index contributed by atoms with van der Waals surface area (Å²) >= 11 is 0.